The molecule has 0 saturated carbocycles. The van der Waals surface area contributed by atoms with Crippen molar-refractivity contribution in [1.82, 2.24) is 14.5 Å². The average molecular weight is 274 g/mol. The van der Waals surface area contributed by atoms with Crippen LogP contribution in [0, 0.1) is 6.92 Å². The van der Waals surface area contributed by atoms with Gasteiger partial charge in [-0.05, 0) is 32.4 Å². The predicted octanol–water partition coefficient (Wildman–Crippen LogP) is 1.68. The molecule has 0 fully saturated rings. The summed E-state index contributed by atoms with van der Waals surface area (Å²) < 4.78 is 1.81. The molecule has 6 nitrogen and oxygen atoms in total. The van der Waals surface area contributed by atoms with Crippen LogP contribution in [0.25, 0.3) is 5.82 Å². The van der Waals surface area contributed by atoms with Gasteiger partial charge in [0.2, 0.25) is 5.91 Å². The molecule has 0 aromatic carbocycles. The van der Waals surface area contributed by atoms with Crippen molar-refractivity contribution >= 4 is 11.6 Å². The molecular formula is C14H18N4O2. The van der Waals surface area contributed by atoms with Crippen molar-refractivity contribution in [3.8, 4) is 5.82 Å². The Hall–Kier alpha value is -2.21. The minimum atomic E-state index is -0.481. The van der Waals surface area contributed by atoms with Crippen LogP contribution in [-0.4, -0.2) is 31.7 Å². The van der Waals surface area contributed by atoms with Gasteiger partial charge in [-0.15, -0.1) is 0 Å². The fraction of sp³-hybridized carbons (Fsp3) is 0.357. The summed E-state index contributed by atoms with van der Waals surface area (Å²) >= 11 is 0. The number of pyridine rings is 1. The molecule has 6 heteroatoms. The first-order valence-electron chi connectivity index (χ1n) is 6.51. The van der Waals surface area contributed by atoms with Crippen LogP contribution < -0.4 is 5.32 Å². The van der Waals surface area contributed by atoms with Crippen LogP contribution in [0.15, 0.2) is 30.7 Å². The molecule has 2 heterocycles. The Morgan fingerprint density at radius 2 is 2.25 bits per heavy atom. The Morgan fingerprint density at radius 3 is 2.90 bits per heavy atom. The van der Waals surface area contributed by atoms with Crippen LogP contribution in [0.4, 0.5) is 5.69 Å². The molecule has 106 valence electrons. The highest BCUT2D eigenvalue weighted by Crippen LogP contribution is 2.18. The van der Waals surface area contributed by atoms with Gasteiger partial charge in [-0.25, -0.2) is 9.97 Å². The summed E-state index contributed by atoms with van der Waals surface area (Å²) in [7, 11) is 0. The molecule has 0 bridgehead atoms. The number of aromatic nitrogens is 3. The highest BCUT2D eigenvalue weighted by Gasteiger charge is 2.11. The van der Waals surface area contributed by atoms with E-state index in [-0.39, 0.29) is 12.3 Å². The Kier molecular flexibility index (Phi) is 4.47. The summed E-state index contributed by atoms with van der Waals surface area (Å²) in [6, 6.07) is 3.56. The van der Waals surface area contributed by atoms with Gasteiger partial charge in [-0.1, -0.05) is 0 Å². The summed E-state index contributed by atoms with van der Waals surface area (Å²) in [5.74, 6) is 1.29. The van der Waals surface area contributed by atoms with Gasteiger partial charge in [-0.3, -0.25) is 9.36 Å². The van der Waals surface area contributed by atoms with Crippen molar-refractivity contribution in [2.75, 3.05) is 5.32 Å². The lowest BCUT2D eigenvalue weighted by molar-refractivity contribution is -0.116. The van der Waals surface area contributed by atoms with Crippen molar-refractivity contribution in [2.45, 2.75) is 32.8 Å². The quantitative estimate of drug-likeness (QED) is 0.869. The maximum absolute atomic E-state index is 11.8. The van der Waals surface area contributed by atoms with Crippen molar-refractivity contribution in [2.24, 2.45) is 0 Å². The zero-order valence-corrected chi connectivity index (χ0v) is 11.6. The minimum absolute atomic E-state index is 0.141. The lowest BCUT2D eigenvalue weighted by atomic mass is 10.2. The zero-order valence-electron chi connectivity index (χ0n) is 11.6. The van der Waals surface area contributed by atoms with E-state index in [0.29, 0.717) is 17.9 Å². The second kappa shape index (κ2) is 6.29. The maximum atomic E-state index is 11.8. The fourth-order valence-corrected chi connectivity index (χ4v) is 1.84. The number of anilines is 1. The van der Waals surface area contributed by atoms with E-state index < -0.39 is 6.10 Å². The van der Waals surface area contributed by atoms with Crippen molar-refractivity contribution in [3.63, 3.8) is 0 Å². The summed E-state index contributed by atoms with van der Waals surface area (Å²) in [4.78, 5) is 20.3. The highest BCUT2D eigenvalue weighted by molar-refractivity contribution is 5.92. The van der Waals surface area contributed by atoms with E-state index in [0.717, 1.165) is 5.82 Å². The van der Waals surface area contributed by atoms with Gasteiger partial charge < -0.3 is 10.4 Å². The number of carbonyl (C=O) groups is 1. The van der Waals surface area contributed by atoms with Crippen LogP contribution in [0.1, 0.15) is 25.6 Å². The molecule has 2 aromatic heterocycles. The van der Waals surface area contributed by atoms with E-state index in [1.165, 1.54) is 0 Å². The Morgan fingerprint density at radius 1 is 1.45 bits per heavy atom. The number of imidazole rings is 1. The van der Waals surface area contributed by atoms with E-state index in [4.69, 9.17) is 0 Å². The molecule has 20 heavy (non-hydrogen) atoms. The molecule has 1 amide bonds. The SMILES string of the molecule is Cc1nccn1-c1ncccc1NC(=O)CCC(C)O. The predicted molar refractivity (Wildman–Crippen MR) is 75.6 cm³/mol. The van der Waals surface area contributed by atoms with Crippen molar-refractivity contribution in [3.05, 3.63) is 36.5 Å². The molecule has 2 rings (SSSR count). The van der Waals surface area contributed by atoms with Gasteiger partial charge in [0.05, 0.1) is 11.8 Å². The lowest BCUT2D eigenvalue weighted by Gasteiger charge is -2.12. The van der Waals surface area contributed by atoms with Crippen LogP contribution >= 0.6 is 0 Å². The maximum Gasteiger partial charge on any atom is 0.224 e. The van der Waals surface area contributed by atoms with Gasteiger partial charge in [0.25, 0.3) is 0 Å². The molecular weight excluding hydrogens is 256 g/mol. The fourth-order valence-electron chi connectivity index (χ4n) is 1.84. The first-order chi connectivity index (χ1) is 9.58. The molecule has 1 atom stereocenters. The Labute approximate surface area is 117 Å². The largest absolute Gasteiger partial charge is 0.393 e. The first-order valence-corrected chi connectivity index (χ1v) is 6.51. The molecule has 0 aliphatic rings. The minimum Gasteiger partial charge on any atom is -0.393 e. The first kappa shape index (κ1) is 14.2. The van der Waals surface area contributed by atoms with E-state index in [1.807, 2.05) is 11.5 Å². The summed E-state index contributed by atoms with van der Waals surface area (Å²) in [6.07, 6.45) is 5.37. The van der Waals surface area contributed by atoms with Gasteiger partial charge in [0.15, 0.2) is 5.82 Å². The van der Waals surface area contributed by atoms with E-state index >= 15 is 0 Å². The number of aryl methyl sites for hydroxylation is 1. The molecule has 0 spiro atoms. The van der Waals surface area contributed by atoms with Gasteiger partial charge in [0, 0.05) is 25.0 Å². The summed E-state index contributed by atoms with van der Waals surface area (Å²) in [5.41, 5.74) is 0.629. The van der Waals surface area contributed by atoms with E-state index in [1.54, 1.807) is 37.6 Å². The number of nitrogens with one attached hydrogen (secondary N) is 1. The van der Waals surface area contributed by atoms with Crippen molar-refractivity contribution < 1.29 is 9.90 Å². The zero-order chi connectivity index (χ0) is 14.5. The number of aliphatic hydroxyl groups is 1. The lowest BCUT2D eigenvalue weighted by Crippen LogP contribution is -2.16. The number of rotatable bonds is 5. The molecule has 0 aliphatic heterocycles. The van der Waals surface area contributed by atoms with Gasteiger partial charge in [-0.2, -0.15) is 0 Å². The van der Waals surface area contributed by atoms with Gasteiger partial charge >= 0.3 is 0 Å². The van der Waals surface area contributed by atoms with Crippen LogP contribution in [-0.2, 0) is 4.79 Å². The summed E-state index contributed by atoms with van der Waals surface area (Å²) in [5, 5.41) is 12.0. The number of nitrogens with zero attached hydrogens (tertiary/aromatic N) is 3. The molecule has 2 aromatic rings. The summed E-state index contributed by atoms with van der Waals surface area (Å²) in [6.45, 7) is 3.53. The molecule has 0 radical (unpaired) electrons. The van der Waals surface area contributed by atoms with Crippen LogP contribution in [0.2, 0.25) is 0 Å². The second-order valence-corrected chi connectivity index (χ2v) is 4.65. The number of hydrogen-bond acceptors (Lipinski definition) is 4. The smallest absolute Gasteiger partial charge is 0.224 e. The third kappa shape index (κ3) is 3.42. The number of carbonyl (C=O) groups excluding carboxylic acids is 1. The van der Waals surface area contributed by atoms with Crippen LogP contribution in [0.5, 0.6) is 0 Å². The molecule has 1 unspecified atom stereocenters. The van der Waals surface area contributed by atoms with Crippen molar-refractivity contribution in [1.29, 1.82) is 0 Å². The monoisotopic (exact) mass is 274 g/mol. The number of hydrogen-bond donors (Lipinski definition) is 2. The molecule has 0 saturated heterocycles. The standard InChI is InChI=1S/C14H18N4O2/c1-10(19)5-6-13(20)17-12-4-3-7-16-14(12)18-9-8-15-11(18)2/h3-4,7-10,19H,5-6H2,1-2H3,(H,17,20). The normalized spacial score (nSPS) is 12.2. The average Bonchev–Trinajstić information content (AvgIpc) is 2.83. The third-order valence-corrected chi connectivity index (χ3v) is 2.90. The number of amides is 1. The van der Waals surface area contributed by atoms with E-state index in [2.05, 4.69) is 15.3 Å². The van der Waals surface area contributed by atoms with E-state index in [9.17, 15) is 9.90 Å². The Balaban J connectivity index is 2.17. The topological polar surface area (TPSA) is 80.0 Å². The molecule has 0 aliphatic carbocycles. The Bertz CT molecular complexity index is 592. The number of aliphatic hydroxyl groups excluding tert-OH is 1. The third-order valence-electron chi connectivity index (χ3n) is 2.90. The molecule has 2 N–H and O–H groups in total. The van der Waals surface area contributed by atoms with Gasteiger partial charge in [0.1, 0.15) is 5.82 Å². The second-order valence-electron chi connectivity index (χ2n) is 4.65. The van der Waals surface area contributed by atoms with Crippen LogP contribution in [0.3, 0.4) is 0 Å². The highest BCUT2D eigenvalue weighted by atomic mass is 16.3.